The van der Waals surface area contributed by atoms with Gasteiger partial charge in [0.1, 0.15) is 11.5 Å². The van der Waals surface area contributed by atoms with Gasteiger partial charge in [0.05, 0.1) is 24.7 Å². The summed E-state index contributed by atoms with van der Waals surface area (Å²) in [6, 6.07) is 10.3. The Morgan fingerprint density at radius 2 is 1.62 bits per heavy atom. The van der Waals surface area contributed by atoms with E-state index in [0.29, 0.717) is 35.0 Å². The van der Waals surface area contributed by atoms with Crippen LogP contribution in [0.1, 0.15) is 21.5 Å². The van der Waals surface area contributed by atoms with Crippen molar-refractivity contribution in [2.24, 2.45) is 0 Å². The maximum atomic E-state index is 13.0. The Morgan fingerprint density at radius 3 is 2.21 bits per heavy atom. The van der Waals surface area contributed by atoms with E-state index in [1.54, 1.807) is 49.3 Å². The molecule has 1 aliphatic heterocycles. The van der Waals surface area contributed by atoms with E-state index in [9.17, 15) is 13.2 Å². The summed E-state index contributed by atoms with van der Waals surface area (Å²) in [6.45, 7) is 4.87. The topological polar surface area (TPSA) is 76.2 Å². The molecule has 1 aliphatic rings. The van der Waals surface area contributed by atoms with Crippen LogP contribution in [0.25, 0.3) is 0 Å². The lowest BCUT2D eigenvalue weighted by molar-refractivity contribution is 0.0694. The lowest BCUT2D eigenvalue weighted by Crippen LogP contribution is -2.50. The molecule has 2 aromatic carbocycles. The van der Waals surface area contributed by atoms with Crippen LogP contribution in [0.15, 0.2) is 41.3 Å². The molecule has 1 heterocycles. The van der Waals surface area contributed by atoms with Crippen LogP contribution in [0.3, 0.4) is 0 Å². The third-order valence-corrected chi connectivity index (χ3v) is 7.17. The van der Waals surface area contributed by atoms with Crippen LogP contribution in [0.4, 0.5) is 0 Å². The number of methoxy groups -OCH3 is 2. The number of sulfonamides is 1. The molecule has 0 spiro atoms. The van der Waals surface area contributed by atoms with Gasteiger partial charge in [-0.1, -0.05) is 17.7 Å². The van der Waals surface area contributed by atoms with Crippen LogP contribution in [-0.4, -0.2) is 63.9 Å². The van der Waals surface area contributed by atoms with E-state index in [1.807, 2.05) is 13.0 Å². The van der Waals surface area contributed by atoms with E-state index >= 15 is 0 Å². The molecule has 0 N–H and O–H groups in total. The first-order valence-electron chi connectivity index (χ1n) is 9.36. The number of hydrogen-bond acceptors (Lipinski definition) is 5. The summed E-state index contributed by atoms with van der Waals surface area (Å²) in [7, 11) is -0.544. The van der Waals surface area contributed by atoms with Gasteiger partial charge in [0.2, 0.25) is 10.0 Å². The number of piperazine rings is 1. The van der Waals surface area contributed by atoms with Crippen molar-refractivity contribution in [1.29, 1.82) is 0 Å². The second-order valence-electron chi connectivity index (χ2n) is 7.03. The first-order chi connectivity index (χ1) is 13.8. The minimum atomic E-state index is -3.59. The second-order valence-corrected chi connectivity index (χ2v) is 8.94. The van der Waals surface area contributed by atoms with Crippen molar-refractivity contribution in [2.45, 2.75) is 18.7 Å². The van der Waals surface area contributed by atoms with Gasteiger partial charge < -0.3 is 14.4 Å². The van der Waals surface area contributed by atoms with Crippen LogP contribution < -0.4 is 9.47 Å². The fourth-order valence-corrected chi connectivity index (χ4v) is 5.13. The molecule has 0 radical (unpaired) electrons. The Hall–Kier alpha value is -2.58. The summed E-state index contributed by atoms with van der Waals surface area (Å²) in [5, 5.41) is 0. The van der Waals surface area contributed by atoms with E-state index < -0.39 is 10.0 Å². The first kappa shape index (κ1) is 21.1. The molecule has 0 aromatic heterocycles. The van der Waals surface area contributed by atoms with Crippen LogP contribution in [0.5, 0.6) is 11.5 Å². The van der Waals surface area contributed by atoms with Crippen molar-refractivity contribution in [2.75, 3.05) is 40.4 Å². The van der Waals surface area contributed by atoms with Crippen LogP contribution in [-0.2, 0) is 10.0 Å². The summed E-state index contributed by atoms with van der Waals surface area (Å²) in [4.78, 5) is 14.9. The first-order valence-corrected chi connectivity index (χ1v) is 10.8. The Kier molecular flexibility index (Phi) is 6.14. The molecular formula is C21H26N2O5S. The Balaban J connectivity index is 1.74. The summed E-state index contributed by atoms with van der Waals surface area (Å²) in [5.74, 6) is 0.843. The minimum absolute atomic E-state index is 0.187. The highest BCUT2D eigenvalue weighted by Crippen LogP contribution is 2.27. The lowest BCUT2D eigenvalue weighted by Gasteiger charge is -2.34. The lowest BCUT2D eigenvalue weighted by atomic mass is 10.1. The summed E-state index contributed by atoms with van der Waals surface area (Å²) in [5.41, 5.74) is 2.18. The molecule has 0 atom stereocenters. The number of carbonyl (C=O) groups is 1. The van der Waals surface area contributed by atoms with Crippen molar-refractivity contribution < 1.29 is 22.7 Å². The third-order valence-electron chi connectivity index (χ3n) is 5.11. The Labute approximate surface area is 171 Å². The molecule has 3 rings (SSSR count). The van der Waals surface area contributed by atoms with Crippen LogP contribution in [0.2, 0.25) is 0 Å². The molecule has 1 fully saturated rings. The van der Waals surface area contributed by atoms with Crippen molar-refractivity contribution in [3.05, 3.63) is 53.1 Å². The van der Waals surface area contributed by atoms with Gasteiger partial charge in [0.15, 0.2) is 0 Å². The van der Waals surface area contributed by atoms with Gasteiger partial charge in [-0.3, -0.25) is 4.79 Å². The molecule has 0 unspecified atom stereocenters. The molecule has 1 amide bonds. The zero-order chi connectivity index (χ0) is 21.2. The van der Waals surface area contributed by atoms with Crippen molar-refractivity contribution in [3.63, 3.8) is 0 Å². The zero-order valence-electron chi connectivity index (χ0n) is 17.1. The average molecular weight is 419 g/mol. The number of hydrogen-bond donors (Lipinski definition) is 0. The third kappa shape index (κ3) is 4.23. The number of rotatable bonds is 5. The molecule has 0 saturated carbocycles. The molecule has 1 saturated heterocycles. The average Bonchev–Trinajstić information content (AvgIpc) is 2.72. The minimum Gasteiger partial charge on any atom is -0.497 e. The van der Waals surface area contributed by atoms with Gasteiger partial charge in [-0.2, -0.15) is 4.31 Å². The normalized spacial score (nSPS) is 15.2. The molecule has 2 aromatic rings. The molecule has 156 valence electrons. The highest BCUT2D eigenvalue weighted by atomic mass is 32.2. The number of nitrogens with zero attached hydrogens (tertiary/aromatic N) is 2. The Morgan fingerprint density at radius 1 is 0.931 bits per heavy atom. The number of ether oxygens (including phenoxy) is 2. The predicted octanol–water partition coefficient (Wildman–Crippen LogP) is 2.47. The molecule has 29 heavy (non-hydrogen) atoms. The molecule has 0 bridgehead atoms. The van der Waals surface area contributed by atoms with Crippen molar-refractivity contribution in [1.82, 2.24) is 9.21 Å². The highest BCUT2D eigenvalue weighted by molar-refractivity contribution is 7.89. The quantitative estimate of drug-likeness (QED) is 0.746. The fourth-order valence-electron chi connectivity index (χ4n) is 3.50. The van der Waals surface area contributed by atoms with Crippen LogP contribution in [0, 0.1) is 13.8 Å². The zero-order valence-corrected chi connectivity index (χ0v) is 18.0. The van der Waals surface area contributed by atoms with E-state index in [1.165, 1.54) is 11.4 Å². The van der Waals surface area contributed by atoms with Crippen molar-refractivity contribution >= 4 is 15.9 Å². The van der Waals surface area contributed by atoms with E-state index in [4.69, 9.17) is 9.47 Å². The Bertz CT molecular complexity index is 1010. The summed E-state index contributed by atoms with van der Waals surface area (Å²) in [6.07, 6.45) is 0. The number of amides is 1. The summed E-state index contributed by atoms with van der Waals surface area (Å²) >= 11 is 0. The smallest absolute Gasteiger partial charge is 0.257 e. The van der Waals surface area contributed by atoms with E-state index in [0.717, 1.165) is 11.1 Å². The van der Waals surface area contributed by atoms with Gasteiger partial charge in [0.25, 0.3) is 5.91 Å². The van der Waals surface area contributed by atoms with Crippen molar-refractivity contribution in [3.8, 4) is 11.5 Å². The van der Waals surface area contributed by atoms with Gasteiger partial charge in [-0.25, -0.2) is 8.42 Å². The number of aryl methyl sites for hydroxylation is 2. The van der Waals surface area contributed by atoms with E-state index in [-0.39, 0.29) is 19.0 Å². The van der Waals surface area contributed by atoms with Gasteiger partial charge >= 0.3 is 0 Å². The van der Waals surface area contributed by atoms with Gasteiger partial charge in [-0.15, -0.1) is 0 Å². The van der Waals surface area contributed by atoms with Gasteiger partial charge in [0, 0.05) is 32.2 Å². The molecular weight excluding hydrogens is 392 g/mol. The number of carbonyl (C=O) groups excluding carboxylic acids is 1. The largest absolute Gasteiger partial charge is 0.497 e. The molecule has 8 heteroatoms. The monoisotopic (exact) mass is 418 g/mol. The summed E-state index contributed by atoms with van der Waals surface area (Å²) < 4.78 is 38.0. The highest BCUT2D eigenvalue weighted by Gasteiger charge is 2.32. The second kappa shape index (κ2) is 8.42. The fraction of sp³-hybridized carbons (Fsp3) is 0.381. The molecule has 0 aliphatic carbocycles. The van der Waals surface area contributed by atoms with Crippen LogP contribution >= 0.6 is 0 Å². The van der Waals surface area contributed by atoms with E-state index in [2.05, 4.69) is 0 Å². The maximum absolute atomic E-state index is 13.0. The van der Waals surface area contributed by atoms with Gasteiger partial charge in [-0.05, 0) is 37.6 Å². The molecule has 7 nitrogen and oxygen atoms in total. The number of benzene rings is 2. The SMILES string of the molecule is COc1ccc(C(=O)N2CCN(S(=O)(=O)c3ccc(C)cc3C)CC2)c(OC)c1. The predicted molar refractivity (Wildman–Crippen MR) is 110 cm³/mol. The maximum Gasteiger partial charge on any atom is 0.257 e. The standard InChI is InChI=1S/C21H26N2O5S/c1-15-5-8-20(16(2)13-15)29(25,26)23-11-9-22(10-12-23)21(24)18-7-6-17(27-3)14-19(18)28-4/h5-8,13-14H,9-12H2,1-4H3.